The van der Waals surface area contributed by atoms with Crippen LogP contribution in [-0.2, 0) is 11.2 Å². The van der Waals surface area contributed by atoms with E-state index in [1.165, 1.54) is 5.56 Å². The summed E-state index contributed by atoms with van der Waals surface area (Å²) in [6.45, 7) is 8.22. The normalized spacial score (nSPS) is 11.1. The quantitative estimate of drug-likeness (QED) is 0.737. The van der Waals surface area contributed by atoms with Gasteiger partial charge in [0.25, 0.3) is 0 Å². The van der Waals surface area contributed by atoms with Crippen LogP contribution in [0.1, 0.15) is 27.8 Å². The summed E-state index contributed by atoms with van der Waals surface area (Å²) in [4.78, 5) is 14.9. The van der Waals surface area contributed by atoms with Crippen LogP contribution in [0.5, 0.6) is 0 Å². The number of fused-ring (bicyclic) bond motifs is 1. The Morgan fingerprint density at radius 1 is 1.00 bits per heavy atom. The second-order valence-electron chi connectivity index (χ2n) is 6.32. The van der Waals surface area contributed by atoms with E-state index in [-0.39, 0.29) is 6.42 Å². The van der Waals surface area contributed by atoms with Gasteiger partial charge in [-0.25, -0.2) is 0 Å². The lowest BCUT2D eigenvalue weighted by molar-refractivity contribution is -0.136. The fraction of sp³-hybridized carbons (Fsp3) is 0.250. The van der Waals surface area contributed by atoms with Crippen LogP contribution in [0.4, 0.5) is 0 Å². The average Bonchev–Trinajstić information content (AvgIpc) is 2.83. The molecule has 23 heavy (non-hydrogen) atoms. The average molecular weight is 307 g/mol. The Morgan fingerprint density at radius 2 is 1.70 bits per heavy atom. The van der Waals surface area contributed by atoms with Crippen molar-refractivity contribution < 1.29 is 9.90 Å². The number of hydrogen-bond acceptors (Lipinski definition) is 1. The highest BCUT2D eigenvalue weighted by molar-refractivity contribution is 5.97. The number of carboxylic acid groups (broad SMARTS) is 1. The number of hydrogen-bond donors (Lipinski definition) is 2. The molecule has 0 fully saturated rings. The summed E-state index contributed by atoms with van der Waals surface area (Å²) in [5.41, 5.74) is 8.51. The molecule has 1 aromatic heterocycles. The molecule has 0 aliphatic rings. The second-order valence-corrected chi connectivity index (χ2v) is 6.32. The van der Waals surface area contributed by atoms with Gasteiger partial charge in [-0.3, -0.25) is 4.79 Å². The summed E-state index contributed by atoms with van der Waals surface area (Å²) in [5.74, 6) is -0.808. The summed E-state index contributed by atoms with van der Waals surface area (Å²) >= 11 is 0. The molecule has 3 aromatic rings. The summed E-state index contributed by atoms with van der Waals surface area (Å²) < 4.78 is 0. The van der Waals surface area contributed by atoms with Crippen LogP contribution in [0.3, 0.4) is 0 Å². The van der Waals surface area contributed by atoms with E-state index < -0.39 is 5.97 Å². The van der Waals surface area contributed by atoms with Gasteiger partial charge in [-0.2, -0.15) is 0 Å². The van der Waals surface area contributed by atoms with Gasteiger partial charge in [0.15, 0.2) is 0 Å². The third-order valence-electron chi connectivity index (χ3n) is 4.45. The van der Waals surface area contributed by atoms with E-state index in [0.29, 0.717) is 0 Å². The largest absolute Gasteiger partial charge is 0.481 e. The van der Waals surface area contributed by atoms with E-state index in [1.807, 2.05) is 6.92 Å². The molecule has 0 bridgehead atoms. The minimum absolute atomic E-state index is 0.0208. The van der Waals surface area contributed by atoms with Crippen molar-refractivity contribution in [2.24, 2.45) is 0 Å². The minimum atomic E-state index is -0.808. The molecule has 0 saturated carbocycles. The van der Waals surface area contributed by atoms with Gasteiger partial charge in [0.05, 0.1) is 12.1 Å². The molecule has 0 atom stereocenters. The number of carboxylic acids is 1. The first-order valence-corrected chi connectivity index (χ1v) is 7.78. The van der Waals surface area contributed by atoms with Crippen molar-refractivity contribution in [3.63, 3.8) is 0 Å². The van der Waals surface area contributed by atoms with Crippen molar-refractivity contribution in [3.05, 3.63) is 58.1 Å². The number of rotatable bonds is 3. The number of H-pyrrole nitrogens is 1. The monoisotopic (exact) mass is 307 g/mol. The lowest BCUT2D eigenvalue weighted by Gasteiger charge is -2.08. The van der Waals surface area contributed by atoms with E-state index in [9.17, 15) is 9.90 Å². The van der Waals surface area contributed by atoms with Crippen LogP contribution < -0.4 is 0 Å². The topological polar surface area (TPSA) is 53.1 Å². The number of aromatic nitrogens is 1. The first kappa shape index (κ1) is 15.3. The predicted molar refractivity (Wildman–Crippen MR) is 94.0 cm³/mol. The van der Waals surface area contributed by atoms with Crippen LogP contribution in [0, 0.1) is 27.7 Å². The minimum Gasteiger partial charge on any atom is -0.481 e. The van der Waals surface area contributed by atoms with Crippen LogP contribution >= 0.6 is 0 Å². The maximum absolute atomic E-state index is 11.4. The molecule has 1 heterocycles. The molecule has 118 valence electrons. The lowest BCUT2D eigenvalue weighted by Crippen LogP contribution is -2.02. The maximum Gasteiger partial charge on any atom is 0.307 e. The Kier molecular flexibility index (Phi) is 3.72. The van der Waals surface area contributed by atoms with Gasteiger partial charge < -0.3 is 10.1 Å². The van der Waals surface area contributed by atoms with E-state index in [2.05, 4.69) is 56.1 Å². The van der Waals surface area contributed by atoms with Gasteiger partial charge in [-0.05, 0) is 49.9 Å². The van der Waals surface area contributed by atoms with Crippen molar-refractivity contribution in [2.45, 2.75) is 34.1 Å². The summed E-state index contributed by atoms with van der Waals surface area (Å²) in [7, 11) is 0. The molecular weight excluding hydrogens is 286 g/mol. The summed E-state index contributed by atoms with van der Waals surface area (Å²) in [6.07, 6.45) is 0.0208. The predicted octanol–water partition coefficient (Wildman–Crippen LogP) is 4.70. The van der Waals surface area contributed by atoms with Gasteiger partial charge in [0.1, 0.15) is 0 Å². The second kappa shape index (κ2) is 5.58. The number of aromatic amines is 1. The molecule has 3 heteroatoms. The highest BCUT2D eigenvalue weighted by Gasteiger charge is 2.19. The SMILES string of the molecule is Cc1ccc(-c2[nH]c3c(C)ccc(C)c3c2CC(=O)O)c(C)c1. The molecule has 0 spiro atoms. The van der Waals surface area contributed by atoms with Gasteiger partial charge >= 0.3 is 5.97 Å². The lowest BCUT2D eigenvalue weighted by atomic mass is 9.96. The van der Waals surface area contributed by atoms with E-state index in [4.69, 9.17) is 0 Å². The van der Waals surface area contributed by atoms with E-state index in [1.54, 1.807) is 0 Å². The van der Waals surface area contributed by atoms with Crippen LogP contribution in [0.2, 0.25) is 0 Å². The molecule has 0 saturated heterocycles. The summed E-state index contributed by atoms with van der Waals surface area (Å²) in [5, 5.41) is 10.4. The molecule has 0 unspecified atom stereocenters. The summed E-state index contributed by atoms with van der Waals surface area (Å²) in [6, 6.07) is 10.4. The van der Waals surface area contributed by atoms with Crippen LogP contribution in [0.15, 0.2) is 30.3 Å². The molecule has 0 amide bonds. The molecule has 2 N–H and O–H groups in total. The first-order valence-electron chi connectivity index (χ1n) is 7.78. The van der Waals surface area contributed by atoms with Gasteiger partial charge in [-0.15, -0.1) is 0 Å². The highest BCUT2D eigenvalue weighted by atomic mass is 16.4. The Bertz CT molecular complexity index is 919. The Balaban J connectivity index is 2.37. The maximum atomic E-state index is 11.4. The molecule has 0 aliphatic heterocycles. The van der Waals surface area contributed by atoms with Crippen LogP contribution in [0.25, 0.3) is 22.2 Å². The smallest absolute Gasteiger partial charge is 0.307 e. The van der Waals surface area contributed by atoms with Gasteiger partial charge in [0.2, 0.25) is 0 Å². The highest BCUT2D eigenvalue weighted by Crippen LogP contribution is 2.35. The Labute approximate surface area is 136 Å². The Morgan fingerprint density at radius 3 is 2.35 bits per heavy atom. The van der Waals surface area contributed by atoms with Crippen molar-refractivity contribution in [2.75, 3.05) is 0 Å². The number of carbonyl (C=O) groups is 1. The fourth-order valence-electron chi connectivity index (χ4n) is 3.34. The zero-order valence-electron chi connectivity index (χ0n) is 13.9. The zero-order chi connectivity index (χ0) is 16.7. The van der Waals surface area contributed by atoms with Crippen molar-refractivity contribution in [1.29, 1.82) is 0 Å². The molecule has 2 aromatic carbocycles. The molecule has 3 rings (SSSR count). The number of benzene rings is 2. The van der Waals surface area contributed by atoms with Gasteiger partial charge in [-0.1, -0.05) is 35.9 Å². The van der Waals surface area contributed by atoms with Crippen molar-refractivity contribution >= 4 is 16.9 Å². The van der Waals surface area contributed by atoms with Crippen molar-refractivity contribution in [3.8, 4) is 11.3 Å². The number of aryl methyl sites for hydroxylation is 4. The van der Waals surface area contributed by atoms with E-state index >= 15 is 0 Å². The Hall–Kier alpha value is -2.55. The molecular formula is C20H21NO2. The van der Waals surface area contributed by atoms with E-state index in [0.717, 1.165) is 44.4 Å². The number of aliphatic carboxylic acids is 1. The third kappa shape index (κ3) is 2.63. The third-order valence-corrected chi connectivity index (χ3v) is 4.45. The molecule has 0 radical (unpaired) electrons. The van der Waals surface area contributed by atoms with Crippen LogP contribution in [-0.4, -0.2) is 16.1 Å². The zero-order valence-corrected chi connectivity index (χ0v) is 13.9. The first-order chi connectivity index (χ1) is 10.9. The number of nitrogens with one attached hydrogen (secondary N) is 1. The fourth-order valence-corrected chi connectivity index (χ4v) is 3.34. The molecule has 3 nitrogen and oxygen atoms in total. The van der Waals surface area contributed by atoms with Crippen molar-refractivity contribution in [1.82, 2.24) is 4.98 Å². The standard InChI is InChI=1S/C20H21NO2/c1-11-5-8-15(14(4)9-11)20-16(10-17(22)23)18-12(2)6-7-13(3)19(18)21-20/h5-9,21H,10H2,1-4H3,(H,22,23). The van der Waals surface area contributed by atoms with Gasteiger partial charge in [0, 0.05) is 16.5 Å². The molecule has 0 aliphatic carbocycles.